The molecule has 2 aliphatic rings. The van der Waals surface area contributed by atoms with Crippen LogP contribution in [-0.4, -0.2) is 17.5 Å². The molecule has 0 saturated heterocycles. The van der Waals surface area contributed by atoms with Gasteiger partial charge in [-0.3, -0.25) is 4.79 Å². The van der Waals surface area contributed by atoms with Gasteiger partial charge < -0.3 is 11.1 Å². The molecule has 2 unspecified atom stereocenters. The molecule has 0 aromatic heterocycles. The van der Waals surface area contributed by atoms with Crippen molar-refractivity contribution in [3.63, 3.8) is 0 Å². The van der Waals surface area contributed by atoms with Gasteiger partial charge in [-0.15, -0.1) is 0 Å². The lowest BCUT2D eigenvalue weighted by atomic mass is 9.76. The lowest BCUT2D eigenvalue weighted by Gasteiger charge is -2.36. The fourth-order valence-corrected chi connectivity index (χ4v) is 3.20. The summed E-state index contributed by atoms with van der Waals surface area (Å²) in [4.78, 5) is 12.2. The van der Waals surface area contributed by atoms with E-state index in [0.29, 0.717) is 12.0 Å². The smallest absolute Gasteiger partial charge is 0.240 e. The Morgan fingerprint density at radius 3 is 2.56 bits per heavy atom. The molecule has 2 rings (SSSR count). The summed E-state index contributed by atoms with van der Waals surface area (Å²) >= 11 is 0. The highest BCUT2D eigenvalue weighted by atomic mass is 16.2. The molecule has 3 nitrogen and oxygen atoms in total. The van der Waals surface area contributed by atoms with Crippen LogP contribution in [0.1, 0.15) is 58.3 Å². The molecule has 2 atom stereocenters. The molecule has 0 bridgehead atoms. The highest BCUT2D eigenvalue weighted by molar-refractivity contribution is 5.86. The first-order valence-electron chi connectivity index (χ1n) is 6.70. The molecular formula is C13H24N2O. The monoisotopic (exact) mass is 224 g/mol. The van der Waals surface area contributed by atoms with Crippen LogP contribution in [0, 0.1) is 5.92 Å². The average molecular weight is 224 g/mol. The van der Waals surface area contributed by atoms with Crippen molar-refractivity contribution in [1.82, 2.24) is 5.32 Å². The van der Waals surface area contributed by atoms with Crippen molar-refractivity contribution in [2.24, 2.45) is 11.7 Å². The summed E-state index contributed by atoms with van der Waals surface area (Å²) in [5.74, 6) is 0.694. The summed E-state index contributed by atoms with van der Waals surface area (Å²) in [6.07, 6.45) is 8.79. The minimum atomic E-state index is -0.583. The van der Waals surface area contributed by atoms with Gasteiger partial charge in [-0.2, -0.15) is 0 Å². The van der Waals surface area contributed by atoms with Crippen molar-refractivity contribution in [2.75, 3.05) is 0 Å². The minimum absolute atomic E-state index is 0.103. The second kappa shape index (κ2) is 4.74. The summed E-state index contributed by atoms with van der Waals surface area (Å²) in [5.41, 5.74) is 5.68. The SMILES string of the molecule is CC1CCCC(N)(C(=O)NC2CCCC2)C1. The molecule has 16 heavy (non-hydrogen) atoms. The molecule has 3 N–H and O–H groups in total. The Labute approximate surface area is 98.2 Å². The maximum absolute atomic E-state index is 12.2. The molecule has 0 heterocycles. The first-order chi connectivity index (χ1) is 7.60. The van der Waals surface area contributed by atoms with Gasteiger partial charge >= 0.3 is 0 Å². The van der Waals surface area contributed by atoms with Crippen molar-refractivity contribution in [1.29, 1.82) is 0 Å². The minimum Gasteiger partial charge on any atom is -0.352 e. The van der Waals surface area contributed by atoms with E-state index < -0.39 is 5.54 Å². The van der Waals surface area contributed by atoms with Gasteiger partial charge in [0.2, 0.25) is 5.91 Å². The van der Waals surface area contributed by atoms with Crippen molar-refractivity contribution in [2.45, 2.75) is 69.9 Å². The predicted molar refractivity (Wildman–Crippen MR) is 64.9 cm³/mol. The zero-order valence-electron chi connectivity index (χ0n) is 10.3. The fraction of sp³-hybridized carbons (Fsp3) is 0.923. The highest BCUT2D eigenvalue weighted by Crippen LogP contribution is 2.31. The number of hydrogen-bond donors (Lipinski definition) is 2. The fourth-order valence-electron chi connectivity index (χ4n) is 3.20. The molecule has 92 valence electrons. The van der Waals surface area contributed by atoms with Crippen LogP contribution in [0.25, 0.3) is 0 Å². The van der Waals surface area contributed by atoms with E-state index in [-0.39, 0.29) is 5.91 Å². The van der Waals surface area contributed by atoms with E-state index in [4.69, 9.17) is 5.73 Å². The van der Waals surface area contributed by atoms with Gasteiger partial charge in [0.05, 0.1) is 5.54 Å². The van der Waals surface area contributed by atoms with Crippen LogP contribution in [-0.2, 0) is 4.79 Å². The van der Waals surface area contributed by atoms with Gasteiger partial charge in [-0.25, -0.2) is 0 Å². The number of hydrogen-bond acceptors (Lipinski definition) is 2. The molecule has 0 aliphatic heterocycles. The topological polar surface area (TPSA) is 55.1 Å². The summed E-state index contributed by atoms with van der Waals surface area (Å²) < 4.78 is 0. The van der Waals surface area contributed by atoms with Crippen molar-refractivity contribution in [3.8, 4) is 0 Å². The molecule has 2 fully saturated rings. The lowest BCUT2D eigenvalue weighted by Crippen LogP contribution is -2.57. The van der Waals surface area contributed by atoms with E-state index in [1.807, 2.05) is 0 Å². The van der Waals surface area contributed by atoms with Gasteiger partial charge in [0.1, 0.15) is 0 Å². The quantitative estimate of drug-likeness (QED) is 0.753. The summed E-state index contributed by atoms with van der Waals surface area (Å²) in [5, 5.41) is 3.15. The van der Waals surface area contributed by atoms with Gasteiger partial charge in [-0.05, 0) is 31.6 Å². The third kappa shape index (κ3) is 2.57. The summed E-state index contributed by atoms with van der Waals surface area (Å²) in [6, 6.07) is 0.394. The van der Waals surface area contributed by atoms with Crippen molar-refractivity contribution in [3.05, 3.63) is 0 Å². The Hall–Kier alpha value is -0.570. The highest BCUT2D eigenvalue weighted by Gasteiger charge is 2.38. The van der Waals surface area contributed by atoms with Crippen LogP contribution in [0.2, 0.25) is 0 Å². The molecule has 2 aliphatic carbocycles. The first-order valence-corrected chi connectivity index (χ1v) is 6.70. The van der Waals surface area contributed by atoms with E-state index in [9.17, 15) is 4.79 Å². The molecular weight excluding hydrogens is 200 g/mol. The molecule has 0 aromatic carbocycles. The second-order valence-corrected chi connectivity index (χ2v) is 5.81. The largest absolute Gasteiger partial charge is 0.352 e. The molecule has 2 saturated carbocycles. The normalized spacial score (nSPS) is 36.2. The van der Waals surface area contributed by atoms with Crippen molar-refractivity contribution >= 4 is 5.91 Å². The Morgan fingerprint density at radius 1 is 1.25 bits per heavy atom. The van der Waals surface area contributed by atoms with E-state index in [1.54, 1.807) is 0 Å². The van der Waals surface area contributed by atoms with Crippen LogP contribution < -0.4 is 11.1 Å². The zero-order chi connectivity index (χ0) is 11.6. The van der Waals surface area contributed by atoms with Crippen LogP contribution in [0.4, 0.5) is 0 Å². The predicted octanol–water partition coefficient (Wildman–Crippen LogP) is 1.95. The number of amides is 1. The van der Waals surface area contributed by atoms with E-state index in [2.05, 4.69) is 12.2 Å². The Bertz CT molecular complexity index is 261. The number of nitrogens with two attached hydrogens (primary N) is 1. The zero-order valence-corrected chi connectivity index (χ0v) is 10.3. The van der Waals surface area contributed by atoms with Gasteiger partial charge in [0.15, 0.2) is 0 Å². The second-order valence-electron chi connectivity index (χ2n) is 5.81. The van der Waals surface area contributed by atoms with E-state index in [0.717, 1.165) is 32.1 Å². The Morgan fingerprint density at radius 2 is 1.94 bits per heavy atom. The van der Waals surface area contributed by atoms with Crippen molar-refractivity contribution < 1.29 is 4.79 Å². The molecule has 1 amide bonds. The van der Waals surface area contributed by atoms with E-state index in [1.165, 1.54) is 19.3 Å². The molecule has 0 radical (unpaired) electrons. The number of carbonyl (C=O) groups excluding carboxylic acids is 1. The number of nitrogens with one attached hydrogen (secondary N) is 1. The summed E-state index contributed by atoms with van der Waals surface area (Å²) in [6.45, 7) is 2.20. The number of rotatable bonds is 2. The molecule has 0 aromatic rings. The average Bonchev–Trinajstić information content (AvgIpc) is 2.70. The van der Waals surface area contributed by atoms with Crippen LogP contribution in [0.15, 0.2) is 0 Å². The van der Waals surface area contributed by atoms with E-state index >= 15 is 0 Å². The van der Waals surface area contributed by atoms with Gasteiger partial charge in [0, 0.05) is 6.04 Å². The van der Waals surface area contributed by atoms with Gasteiger partial charge in [0.25, 0.3) is 0 Å². The maximum Gasteiger partial charge on any atom is 0.240 e. The number of carbonyl (C=O) groups is 1. The third-order valence-corrected chi connectivity index (χ3v) is 4.18. The summed E-state index contributed by atoms with van der Waals surface area (Å²) in [7, 11) is 0. The van der Waals surface area contributed by atoms with Crippen LogP contribution in [0.3, 0.4) is 0 Å². The standard InChI is InChI=1S/C13H24N2O/c1-10-5-4-8-13(14,9-10)12(16)15-11-6-2-3-7-11/h10-11H,2-9,14H2,1H3,(H,15,16). The van der Waals surface area contributed by atoms with Gasteiger partial charge in [-0.1, -0.05) is 32.6 Å². The molecule has 0 spiro atoms. The third-order valence-electron chi connectivity index (χ3n) is 4.18. The Balaban J connectivity index is 1.91. The maximum atomic E-state index is 12.2. The molecule has 3 heteroatoms. The Kier molecular flexibility index (Phi) is 3.53. The van der Waals surface area contributed by atoms with Crippen LogP contribution >= 0.6 is 0 Å². The lowest BCUT2D eigenvalue weighted by molar-refractivity contribution is -0.128. The first kappa shape index (κ1) is 11.9. The van der Waals surface area contributed by atoms with Crippen LogP contribution in [0.5, 0.6) is 0 Å².